The average molecular weight is 355 g/mol. The molecule has 3 rings (SSSR count). The molecule has 5 heteroatoms. The molecule has 0 radical (unpaired) electrons. The third-order valence-electron chi connectivity index (χ3n) is 4.86. The summed E-state index contributed by atoms with van der Waals surface area (Å²) in [5.41, 5.74) is 1.33. The first-order valence-electron chi connectivity index (χ1n) is 9.33. The van der Waals surface area contributed by atoms with Crippen LogP contribution < -0.4 is 5.32 Å². The zero-order valence-electron chi connectivity index (χ0n) is 15.8. The highest BCUT2D eigenvalue weighted by atomic mass is 16.3. The highest BCUT2D eigenvalue weighted by Gasteiger charge is 2.24. The summed E-state index contributed by atoms with van der Waals surface area (Å²) in [5, 5.41) is 3.12. The van der Waals surface area contributed by atoms with E-state index in [2.05, 4.69) is 48.3 Å². The van der Waals surface area contributed by atoms with Crippen LogP contribution in [0.1, 0.15) is 25.2 Å². The average Bonchev–Trinajstić information content (AvgIpc) is 3.14. The molecule has 1 aromatic carbocycles. The standard InChI is InChI=1S/C21H29N3O2/c1-21(2,15-18-7-4-3-5-8-18)17-22-20(25)24-12-10-23(11-13-24)16-19-9-6-14-26-19/h3-9,14H,10-13,15-17H2,1-2H3,(H,22,25). The Labute approximate surface area is 156 Å². The van der Waals surface area contributed by atoms with Crippen molar-refractivity contribution in [2.24, 2.45) is 5.41 Å². The van der Waals surface area contributed by atoms with Gasteiger partial charge in [0.25, 0.3) is 0 Å². The molecule has 0 aliphatic carbocycles. The number of nitrogens with one attached hydrogen (secondary N) is 1. The van der Waals surface area contributed by atoms with Crippen LogP contribution in [0, 0.1) is 5.41 Å². The number of amides is 2. The van der Waals surface area contributed by atoms with Gasteiger partial charge in [-0.05, 0) is 29.5 Å². The van der Waals surface area contributed by atoms with Crippen molar-refractivity contribution >= 4 is 6.03 Å². The molecule has 0 spiro atoms. The van der Waals surface area contributed by atoms with Crippen molar-refractivity contribution in [1.82, 2.24) is 15.1 Å². The summed E-state index contributed by atoms with van der Waals surface area (Å²) >= 11 is 0. The first kappa shape index (κ1) is 18.5. The fraction of sp³-hybridized carbons (Fsp3) is 0.476. The molecule has 0 atom stereocenters. The summed E-state index contributed by atoms with van der Waals surface area (Å²) in [5.74, 6) is 0.977. The van der Waals surface area contributed by atoms with E-state index in [0.29, 0.717) is 6.54 Å². The Hall–Kier alpha value is -2.27. The van der Waals surface area contributed by atoms with E-state index in [4.69, 9.17) is 4.42 Å². The molecule has 1 aliphatic heterocycles. The lowest BCUT2D eigenvalue weighted by Crippen LogP contribution is -2.52. The van der Waals surface area contributed by atoms with E-state index < -0.39 is 0 Å². The number of carbonyl (C=O) groups excluding carboxylic acids is 1. The number of hydrogen-bond acceptors (Lipinski definition) is 3. The van der Waals surface area contributed by atoms with Gasteiger partial charge in [-0.3, -0.25) is 4.90 Å². The van der Waals surface area contributed by atoms with Gasteiger partial charge < -0.3 is 14.6 Å². The molecule has 2 aromatic rings. The quantitative estimate of drug-likeness (QED) is 0.864. The van der Waals surface area contributed by atoms with E-state index in [0.717, 1.165) is 44.9 Å². The Morgan fingerprint density at radius 2 is 1.81 bits per heavy atom. The molecule has 1 N–H and O–H groups in total. The zero-order valence-corrected chi connectivity index (χ0v) is 15.8. The summed E-state index contributed by atoms with van der Waals surface area (Å²) in [6.45, 7) is 9.14. The molecule has 1 aliphatic rings. The summed E-state index contributed by atoms with van der Waals surface area (Å²) in [6, 6.07) is 14.4. The van der Waals surface area contributed by atoms with Crippen LogP contribution in [0.3, 0.4) is 0 Å². The maximum Gasteiger partial charge on any atom is 0.317 e. The van der Waals surface area contributed by atoms with Gasteiger partial charge in [0.05, 0.1) is 12.8 Å². The fourth-order valence-corrected chi connectivity index (χ4v) is 3.37. The van der Waals surface area contributed by atoms with Crippen molar-refractivity contribution < 1.29 is 9.21 Å². The minimum absolute atomic E-state index is 0.0259. The van der Waals surface area contributed by atoms with Gasteiger partial charge in [0.1, 0.15) is 5.76 Å². The molecule has 0 unspecified atom stereocenters. The number of nitrogens with zero attached hydrogens (tertiary/aromatic N) is 2. The van der Waals surface area contributed by atoms with Crippen LogP contribution >= 0.6 is 0 Å². The second-order valence-corrected chi connectivity index (χ2v) is 7.83. The van der Waals surface area contributed by atoms with Crippen LogP contribution in [0.15, 0.2) is 53.1 Å². The first-order chi connectivity index (χ1) is 12.5. The van der Waals surface area contributed by atoms with Gasteiger partial charge in [-0.2, -0.15) is 0 Å². The fourth-order valence-electron chi connectivity index (χ4n) is 3.37. The summed E-state index contributed by atoms with van der Waals surface area (Å²) in [7, 11) is 0. The normalized spacial score (nSPS) is 15.8. The van der Waals surface area contributed by atoms with Gasteiger partial charge in [-0.1, -0.05) is 44.2 Å². The third kappa shape index (κ3) is 5.36. The zero-order chi connectivity index (χ0) is 18.4. The van der Waals surface area contributed by atoms with Crippen molar-refractivity contribution in [3.63, 3.8) is 0 Å². The van der Waals surface area contributed by atoms with Crippen LogP contribution in [0.4, 0.5) is 4.79 Å². The van der Waals surface area contributed by atoms with Gasteiger partial charge in [0, 0.05) is 32.7 Å². The minimum Gasteiger partial charge on any atom is -0.468 e. The molecule has 1 fully saturated rings. The third-order valence-corrected chi connectivity index (χ3v) is 4.86. The SMILES string of the molecule is CC(C)(CNC(=O)N1CCN(Cc2ccco2)CC1)Cc1ccccc1. The van der Waals surface area contributed by atoms with Crippen LogP contribution in [0.2, 0.25) is 0 Å². The molecule has 2 amide bonds. The van der Waals surface area contributed by atoms with Crippen molar-refractivity contribution in [1.29, 1.82) is 0 Å². The lowest BCUT2D eigenvalue weighted by Gasteiger charge is -2.35. The van der Waals surface area contributed by atoms with E-state index in [9.17, 15) is 4.79 Å². The number of rotatable bonds is 6. The van der Waals surface area contributed by atoms with Crippen molar-refractivity contribution in [2.75, 3.05) is 32.7 Å². The van der Waals surface area contributed by atoms with Crippen LogP contribution in [-0.2, 0) is 13.0 Å². The van der Waals surface area contributed by atoms with Gasteiger partial charge in [-0.15, -0.1) is 0 Å². The summed E-state index contributed by atoms with van der Waals surface area (Å²) in [6.07, 6.45) is 2.65. The maximum atomic E-state index is 12.5. The molecular weight excluding hydrogens is 326 g/mol. The molecule has 5 nitrogen and oxygen atoms in total. The number of piperazine rings is 1. The molecular formula is C21H29N3O2. The number of benzene rings is 1. The van der Waals surface area contributed by atoms with Crippen molar-refractivity contribution in [2.45, 2.75) is 26.8 Å². The molecule has 1 aromatic heterocycles. The molecule has 0 saturated carbocycles. The van der Waals surface area contributed by atoms with Gasteiger partial charge in [0.15, 0.2) is 0 Å². The van der Waals surface area contributed by atoms with E-state index in [1.54, 1.807) is 6.26 Å². The predicted molar refractivity (Wildman–Crippen MR) is 103 cm³/mol. The molecule has 140 valence electrons. The largest absolute Gasteiger partial charge is 0.468 e. The second-order valence-electron chi connectivity index (χ2n) is 7.83. The Kier molecular flexibility index (Phi) is 5.99. The maximum absolute atomic E-state index is 12.5. The van der Waals surface area contributed by atoms with Gasteiger partial charge in [0.2, 0.25) is 0 Å². The number of furan rings is 1. The second kappa shape index (κ2) is 8.41. The minimum atomic E-state index is 0.0259. The van der Waals surface area contributed by atoms with Crippen molar-refractivity contribution in [3.8, 4) is 0 Å². The molecule has 2 heterocycles. The van der Waals surface area contributed by atoms with Crippen molar-refractivity contribution in [3.05, 3.63) is 60.1 Å². The summed E-state index contributed by atoms with van der Waals surface area (Å²) in [4.78, 5) is 16.7. The predicted octanol–water partition coefficient (Wildman–Crippen LogP) is 3.38. The first-order valence-corrected chi connectivity index (χ1v) is 9.33. The van der Waals surface area contributed by atoms with Crippen LogP contribution in [0.25, 0.3) is 0 Å². The topological polar surface area (TPSA) is 48.7 Å². The number of carbonyl (C=O) groups is 1. The van der Waals surface area contributed by atoms with E-state index in [-0.39, 0.29) is 11.4 Å². The number of urea groups is 1. The lowest BCUT2D eigenvalue weighted by atomic mass is 9.86. The highest BCUT2D eigenvalue weighted by molar-refractivity contribution is 5.74. The van der Waals surface area contributed by atoms with Crippen LogP contribution in [-0.4, -0.2) is 48.6 Å². The Morgan fingerprint density at radius 3 is 2.46 bits per heavy atom. The summed E-state index contributed by atoms with van der Waals surface area (Å²) < 4.78 is 5.40. The highest BCUT2D eigenvalue weighted by Crippen LogP contribution is 2.21. The van der Waals surface area contributed by atoms with Crippen LogP contribution in [0.5, 0.6) is 0 Å². The van der Waals surface area contributed by atoms with Gasteiger partial charge in [-0.25, -0.2) is 4.79 Å². The molecule has 0 bridgehead atoms. The molecule has 26 heavy (non-hydrogen) atoms. The van der Waals surface area contributed by atoms with E-state index in [1.807, 2.05) is 23.1 Å². The molecule has 1 saturated heterocycles. The lowest BCUT2D eigenvalue weighted by molar-refractivity contribution is 0.128. The van der Waals surface area contributed by atoms with E-state index in [1.165, 1.54) is 5.56 Å². The van der Waals surface area contributed by atoms with Gasteiger partial charge >= 0.3 is 6.03 Å². The van der Waals surface area contributed by atoms with E-state index >= 15 is 0 Å². The number of hydrogen-bond donors (Lipinski definition) is 1. The smallest absolute Gasteiger partial charge is 0.317 e. The Balaban J connectivity index is 1.41. The Bertz CT molecular complexity index is 675. The monoisotopic (exact) mass is 355 g/mol. The Morgan fingerprint density at radius 1 is 1.08 bits per heavy atom.